The molecule has 3 nitrogen and oxygen atoms in total. The molecule has 0 aliphatic rings. The first-order chi connectivity index (χ1) is 8.60. The number of carbonyl (C=O) groups is 1. The number of aryl methyl sites for hydroxylation is 2. The van der Waals surface area contributed by atoms with Crippen LogP contribution in [0.2, 0.25) is 5.15 Å². The maximum Gasteiger partial charge on any atom is 0.155 e. The Morgan fingerprint density at radius 1 is 1.28 bits per heavy atom. The summed E-state index contributed by atoms with van der Waals surface area (Å²) in [5, 5.41) is 0.792. The normalized spacial score (nSPS) is 10.4. The third-order valence-corrected chi connectivity index (χ3v) is 3.58. The molecular weight excluding hydrogens is 268 g/mol. The highest BCUT2D eigenvalue weighted by molar-refractivity contribution is 7.99. The number of halogens is 1. The first kappa shape index (κ1) is 13.1. The third kappa shape index (κ3) is 2.89. The molecule has 0 aliphatic carbocycles. The van der Waals surface area contributed by atoms with Gasteiger partial charge < -0.3 is 0 Å². The number of aldehydes is 1. The SMILES string of the molecule is Cc1cccc(Sc2nc(C)nc(Cl)c2C=O)c1. The lowest BCUT2D eigenvalue weighted by Crippen LogP contribution is -1.98. The summed E-state index contributed by atoms with van der Waals surface area (Å²) in [6.45, 7) is 3.77. The van der Waals surface area contributed by atoms with Crippen molar-refractivity contribution in [3.63, 3.8) is 0 Å². The highest BCUT2D eigenvalue weighted by Gasteiger charge is 2.12. The van der Waals surface area contributed by atoms with E-state index in [1.54, 1.807) is 6.92 Å². The summed E-state index contributed by atoms with van der Waals surface area (Å²) in [5.74, 6) is 0.556. The van der Waals surface area contributed by atoms with Gasteiger partial charge in [-0.25, -0.2) is 9.97 Å². The van der Waals surface area contributed by atoms with Crippen molar-refractivity contribution < 1.29 is 4.79 Å². The first-order valence-electron chi connectivity index (χ1n) is 5.34. The van der Waals surface area contributed by atoms with E-state index in [4.69, 9.17) is 11.6 Å². The van der Waals surface area contributed by atoms with Gasteiger partial charge in [-0.05, 0) is 26.0 Å². The van der Waals surface area contributed by atoms with E-state index < -0.39 is 0 Å². The van der Waals surface area contributed by atoms with Crippen molar-refractivity contribution in [3.8, 4) is 0 Å². The Bertz CT molecular complexity index is 602. The summed E-state index contributed by atoms with van der Waals surface area (Å²) in [5.41, 5.74) is 1.50. The van der Waals surface area contributed by atoms with E-state index in [0.717, 1.165) is 10.5 Å². The molecule has 0 atom stereocenters. The van der Waals surface area contributed by atoms with E-state index in [0.29, 0.717) is 22.7 Å². The number of carbonyl (C=O) groups excluding carboxylic acids is 1. The maximum absolute atomic E-state index is 11.0. The molecule has 0 unspecified atom stereocenters. The second-order valence-corrected chi connectivity index (χ2v) is 5.24. The van der Waals surface area contributed by atoms with Crippen LogP contribution in [0.1, 0.15) is 21.7 Å². The van der Waals surface area contributed by atoms with E-state index in [2.05, 4.69) is 9.97 Å². The number of nitrogens with zero attached hydrogens (tertiary/aromatic N) is 2. The molecule has 0 spiro atoms. The first-order valence-corrected chi connectivity index (χ1v) is 6.53. The fraction of sp³-hybridized carbons (Fsp3) is 0.154. The largest absolute Gasteiger partial charge is 0.298 e. The van der Waals surface area contributed by atoms with Crippen LogP contribution in [0.5, 0.6) is 0 Å². The predicted molar refractivity (Wildman–Crippen MR) is 72.5 cm³/mol. The topological polar surface area (TPSA) is 42.9 Å². The number of aromatic nitrogens is 2. The van der Waals surface area contributed by atoms with Gasteiger partial charge in [-0.3, -0.25) is 4.79 Å². The van der Waals surface area contributed by atoms with Crippen molar-refractivity contribution in [1.29, 1.82) is 0 Å². The average molecular weight is 279 g/mol. The lowest BCUT2D eigenvalue weighted by atomic mass is 10.2. The van der Waals surface area contributed by atoms with Gasteiger partial charge >= 0.3 is 0 Å². The summed E-state index contributed by atoms with van der Waals surface area (Å²) in [7, 11) is 0. The molecule has 0 radical (unpaired) electrons. The van der Waals surface area contributed by atoms with Crippen LogP contribution in [0.15, 0.2) is 34.2 Å². The summed E-state index contributed by atoms with van der Waals surface area (Å²) in [6, 6.07) is 7.99. The van der Waals surface area contributed by atoms with E-state index in [1.165, 1.54) is 11.8 Å². The van der Waals surface area contributed by atoms with Crippen LogP contribution < -0.4 is 0 Å². The molecule has 18 heavy (non-hydrogen) atoms. The second kappa shape index (κ2) is 5.50. The molecular formula is C13H11ClN2OS. The van der Waals surface area contributed by atoms with Crippen LogP contribution in [0.4, 0.5) is 0 Å². The summed E-state index contributed by atoms with van der Waals surface area (Å²) >= 11 is 7.35. The zero-order valence-electron chi connectivity index (χ0n) is 9.98. The molecule has 0 aliphatic heterocycles. The van der Waals surface area contributed by atoms with Crippen molar-refractivity contribution in [2.24, 2.45) is 0 Å². The molecule has 0 saturated heterocycles. The Hall–Kier alpha value is -1.39. The molecule has 1 heterocycles. The predicted octanol–water partition coefficient (Wildman–Crippen LogP) is 3.71. The maximum atomic E-state index is 11.0. The number of hydrogen-bond acceptors (Lipinski definition) is 4. The molecule has 92 valence electrons. The Morgan fingerprint density at radius 3 is 2.72 bits per heavy atom. The van der Waals surface area contributed by atoms with Crippen molar-refractivity contribution in [2.75, 3.05) is 0 Å². The molecule has 2 rings (SSSR count). The molecule has 1 aromatic carbocycles. The van der Waals surface area contributed by atoms with Gasteiger partial charge in [0.2, 0.25) is 0 Å². The Balaban J connectivity index is 2.42. The Morgan fingerprint density at radius 2 is 2.06 bits per heavy atom. The molecule has 0 fully saturated rings. The quantitative estimate of drug-likeness (QED) is 0.634. The highest BCUT2D eigenvalue weighted by atomic mass is 35.5. The molecule has 5 heteroatoms. The lowest BCUT2D eigenvalue weighted by molar-refractivity contribution is 0.112. The fourth-order valence-electron chi connectivity index (χ4n) is 1.49. The Kier molecular flexibility index (Phi) is 3.99. The minimum absolute atomic E-state index is 0.202. The monoisotopic (exact) mass is 278 g/mol. The second-order valence-electron chi connectivity index (χ2n) is 3.82. The van der Waals surface area contributed by atoms with Gasteiger partial charge in [0.1, 0.15) is 16.0 Å². The average Bonchev–Trinajstić information content (AvgIpc) is 2.28. The van der Waals surface area contributed by atoms with E-state index in [1.807, 2.05) is 31.2 Å². The lowest BCUT2D eigenvalue weighted by Gasteiger charge is -2.06. The van der Waals surface area contributed by atoms with Crippen LogP contribution in [-0.4, -0.2) is 16.3 Å². The summed E-state index contributed by atoms with van der Waals surface area (Å²) < 4.78 is 0. The van der Waals surface area contributed by atoms with Crippen molar-refractivity contribution in [1.82, 2.24) is 9.97 Å². The number of hydrogen-bond donors (Lipinski definition) is 0. The highest BCUT2D eigenvalue weighted by Crippen LogP contribution is 2.31. The molecule has 0 N–H and O–H groups in total. The van der Waals surface area contributed by atoms with Crippen molar-refractivity contribution in [2.45, 2.75) is 23.8 Å². The molecule has 2 aromatic rings. The minimum atomic E-state index is 0.202. The van der Waals surface area contributed by atoms with E-state index in [-0.39, 0.29) is 5.15 Å². The standard InChI is InChI=1S/C13H11ClN2OS/c1-8-4-3-5-10(6-8)18-13-11(7-17)12(14)15-9(2)16-13/h3-7H,1-2H3. The summed E-state index contributed by atoms with van der Waals surface area (Å²) in [6.07, 6.45) is 0.694. The number of benzene rings is 1. The van der Waals surface area contributed by atoms with E-state index >= 15 is 0 Å². The van der Waals surface area contributed by atoms with Crippen LogP contribution >= 0.6 is 23.4 Å². The van der Waals surface area contributed by atoms with Crippen LogP contribution in [-0.2, 0) is 0 Å². The minimum Gasteiger partial charge on any atom is -0.298 e. The third-order valence-electron chi connectivity index (χ3n) is 2.30. The van der Waals surface area contributed by atoms with Gasteiger partial charge in [-0.15, -0.1) is 0 Å². The zero-order valence-corrected chi connectivity index (χ0v) is 11.5. The van der Waals surface area contributed by atoms with Gasteiger partial charge in [-0.2, -0.15) is 0 Å². The molecule has 1 aromatic heterocycles. The van der Waals surface area contributed by atoms with Gasteiger partial charge in [0.15, 0.2) is 6.29 Å². The Labute approximate surface area is 115 Å². The van der Waals surface area contributed by atoms with Crippen molar-refractivity contribution >= 4 is 29.6 Å². The number of rotatable bonds is 3. The van der Waals surface area contributed by atoms with Crippen LogP contribution in [0, 0.1) is 13.8 Å². The van der Waals surface area contributed by atoms with Crippen molar-refractivity contribution in [3.05, 3.63) is 46.4 Å². The van der Waals surface area contributed by atoms with Gasteiger partial charge in [0.25, 0.3) is 0 Å². The van der Waals surface area contributed by atoms with Gasteiger partial charge in [-0.1, -0.05) is 41.1 Å². The fourth-order valence-corrected chi connectivity index (χ4v) is 2.85. The van der Waals surface area contributed by atoms with E-state index in [9.17, 15) is 4.79 Å². The van der Waals surface area contributed by atoms with Gasteiger partial charge in [0.05, 0.1) is 5.56 Å². The molecule has 0 bridgehead atoms. The van der Waals surface area contributed by atoms with Crippen LogP contribution in [0.3, 0.4) is 0 Å². The summed E-state index contributed by atoms with van der Waals surface area (Å²) in [4.78, 5) is 20.3. The molecule has 0 saturated carbocycles. The van der Waals surface area contributed by atoms with Gasteiger partial charge in [0, 0.05) is 4.90 Å². The zero-order chi connectivity index (χ0) is 13.1. The van der Waals surface area contributed by atoms with Crippen LogP contribution in [0.25, 0.3) is 0 Å². The molecule has 0 amide bonds. The smallest absolute Gasteiger partial charge is 0.155 e.